The van der Waals surface area contributed by atoms with Gasteiger partial charge in [0.15, 0.2) is 0 Å². The average Bonchev–Trinajstić information content (AvgIpc) is 2.39. The van der Waals surface area contributed by atoms with E-state index in [9.17, 15) is 23.5 Å². The van der Waals surface area contributed by atoms with Gasteiger partial charge < -0.3 is 15.7 Å². The molecule has 0 atom stereocenters. The van der Waals surface area contributed by atoms with Gasteiger partial charge in [-0.3, -0.25) is 9.59 Å². The summed E-state index contributed by atoms with van der Waals surface area (Å²) >= 11 is 0. The van der Waals surface area contributed by atoms with Crippen molar-refractivity contribution in [3.05, 3.63) is 53.6 Å². The highest BCUT2D eigenvalue weighted by Gasteiger charge is 2.18. The summed E-state index contributed by atoms with van der Waals surface area (Å²) in [6.45, 7) is 1.36. The molecule has 7 heteroatoms. The van der Waals surface area contributed by atoms with Gasteiger partial charge in [-0.2, -0.15) is 0 Å². The lowest BCUT2D eigenvalue weighted by Gasteiger charge is -2.09. The van der Waals surface area contributed by atoms with E-state index in [1.54, 1.807) is 0 Å². The summed E-state index contributed by atoms with van der Waals surface area (Å²) < 4.78 is 26.4. The number of benzene rings is 2. The molecular formula is C15H12F2N2O3. The number of hydrogen-bond donors (Lipinski definition) is 3. The molecule has 2 aromatic rings. The van der Waals surface area contributed by atoms with Crippen LogP contribution in [-0.2, 0) is 4.79 Å². The van der Waals surface area contributed by atoms with Crippen LogP contribution in [0.15, 0.2) is 36.4 Å². The van der Waals surface area contributed by atoms with Gasteiger partial charge in [0.05, 0.1) is 0 Å². The number of nitrogens with one attached hydrogen (secondary N) is 2. The fraction of sp³-hybridized carbons (Fsp3) is 0.0667. The van der Waals surface area contributed by atoms with Crippen molar-refractivity contribution >= 4 is 23.2 Å². The minimum absolute atomic E-state index is 0.241. The Morgan fingerprint density at radius 2 is 1.55 bits per heavy atom. The van der Waals surface area contributed by atoms with E-state index < -0.39 is 28.9 Å². The second kappa shape index (κ2) is 6.21. The molecule has 0 aliphatic rings. The highest BCUT2D eigenvalue weighted by atomic mass is 19.1. The van der Waals surface area contributed by atoms with E-state index in [0.717, 1.165) is 0 Å². The Kier molecular flexibility index (Phi) is 4.36. The molecule has 0 saturated carbocycles. The summed E-state index contributed by atoms with van der Waals surface area (Å²) in [6.07, 6.45) is 0. The molecule has 0 bridgehead atoms. The van der Waals surface area contributed by atoms with Crippen molar-refractivity contribution in [1.82, 2.24) is 0 Å². The van der Waals surface area contributed by atoms with Crippen molar-refractivity contribution in [3.63, 3.8) is 0 Å². The van der Waals surface area contributed by atoms with Crippen LogP contribution in [0.25, 0.3) is 0 Å². The van der Waals surface area contributed by atoms with Crippen molar-refractivity contribution < 1.29 is 23.5 Å². The van der Waals surface area contributed by atoms with Crippen LogP contribution in [-0.4, -0.2) is 16.9 Å². The Hall–Kier alpha value is -2.96. The highest BCUT2D eigenvalue weighted by molar-refractivity contribution is 6.06. The van der Waals surface area contributed by atoms with Gasteiger partial charge in [-0.1, -0.05) is 0 Å². The molecule has 0 heterocycles. The van der Waals surface area contributed by atoms with E-state index >= 15 is 0 Å². The van der Waals surface area contributed by atoms with Gasteiger partial charge in [-0.05, 0) is 24.3 Å². The first kappa shape index (κ1) is 15.4. The second-order valence-electron chi connectivity index (χ2n) is 4.49. The molecule has 0 fully saturated rings. The van der Waals surface area contributed by atoms with Crippen LogP contribution in [0.5, 0.6) is 5.75 Å². The third-order valence-electron chi connectivity index (χ3n) is 2.72. The predicted molar refractivity (Wildman–Crippen MR) is 76.7 cm³/mol. The molecule has 2 amide bonds. The van der Waals surface area contributed by atoms with Gasteiger partial charge >= 0.3 is 0 Å². The first-order chi connectivity index (χ1) is 10.4. The van der Waals surface area contributed by atoms with Crippen LogP contribution in [0.3, 0.4) is 0 Å². The number of carbonyl (C=O) groups excluding carboxylic acids is 2. The van der Waals surface area contributed by atoms with Crippen molar-refractivity contribution in [2.75, 3.05) is 10.6 Å². The van der Waals surface area contributed by atoms with Gasteiger partial charge in [-0.25, -0.2) is 8.78 Å². The van der Waals surface area contributed by atoms with E-state index in [1.807, 2.05) is 0 Å². The lowest BCUT2D eigenvalue weighted by molar-refractivity contribution is -0.114. The highest BCUT2D eigenvalue weighted by Crippen LogP contribution is 2.23. The fourth-order valence-corrected chi connectivity index (χ4v) is 1.82. The fourth-order valence-electron chi connectivity index (χ4n) is 1.82. The number of aromatic hydroxyl groups is 1. The van der Waals surface area contributed by atoms with Crippen LogP contribution >= 0.6 is 0 Å². The first-order valence-electron chi connectivity index (χ1n) is 6.24. The summed E-state index contributed by atoms with van der Waals surface area (Å²) in [4.78, 5) is 22.8. The van der Waals surface area contributed by atoms with E-state index in [1.165, 1.54) is 31.2 Å². The topological polar surface area (TPSA) is 78.4 Å². The number of hydrogen-bond acceptors (Lipinski definition) is 3. The van der Waals surface area contributed by atoms with Crippen LogP contribution in [0.1, 0.15) is 17.3 Å². The predicted octanol–water partition coefficient (Wildman–Crippen LogP) is 2.88. The third-order valence-corrected chi connectivity index (χ3v) is 2.72. The molecule has 0 radical (unpaired) electrons. The van der Waals surface area contributed by atoms with Crippen molar-refractivity contribution in [3.8, 4) is 5.75 Å². The molecule has 0 unspecified atom stereocenters. The molecule has 114 valence electrons. The summed E-state index contributed by atoms with van der Waals surface area (Å²) in [5.41, 5.74) is 0.205. The number of phenolic OH excluding ortho intramolecular Hbond substituents is 1. The molecule has 0 aromatic heterocycles. The maximum absolute atomic E-state index is 13.6. The monoisotopic (exact) mass is 306 g/mol. The quantitative estimate of drug-likeness (QED) is 0.816. The smallest absolute Gasteiger partial charge is 0.262 e. The lowest BCUT2D eigenvalue weighted by atomic mass is 10.1. The Bertz CT molecular complexity index is 707. The molecule has 5 nitrogen and oxygen atoms in total. The Morgan fingerprint density at radius 1 is 1.00 bits per heavy atom. The Labute approximate surface area is 124 Å². The SMILES string of the molecule is CC(=O)Nc1ccc(NC(=O)c2c(O)cc(F)cc2F)cc1. The van der Waals surface area contributed by atoms with E-state index in [0.29, 0.717) is 23.5 Å². The average molecular weight is 306 g/mol. The number of phenols is 1. The maximum Gasteiger partial charge on any atom is 0.262 e. The van der Waals surface area contributed by atoms with E-state index in [4.69, 9.17) is 0 Å². The van der Waals surface area contributed by atoms with Crippen molar-refractivity contribution in [1.29, 1.82) is 0 Å². The molecule has 2 rings (SSSR count). The third kappa shape index (κ3) is 3.57. The molecule has 0 spiro atoms. The van der Waals surface area contributed by atoms with Gasteiger partial charge in [-0.15, -0.1) is 0 Å². The summed E-state index contributed by atoms with van der Waals surface area (Å²) in [5.74, 6) is -4.08. The normalized spacial score (nSPS) is 10.1. The van der Waals surface area contributed by atoms with Gasteiger partial charge in [0.1, 0.15) is 22.9 Å². The zero-order chi connectivity index (χ0) is 16.3. The molecule has 0 aliphatic carbocycles. The van der Waals surface area contributed by atoms with Crippen LogP contribution < -0.4 is 10.6 Å². The number of rotatable bonds is 3. The van der Waals surface area contributed by atoms with Gasteiger partial charge in [0.2, 0.25) is 5.91 Å². The molecule has 3 N–H and O–H groups in total. The zero-order valence-electron chi connectivity index (χ0n) is 11.5. The maximum atomic E-state index is 13.6. The number of anilines is 2. The van der Waals surface area contributed by atoms with E-state index in [-0.39, 0.29) is 5.91 Å². The summed E-state index contributed by atoms with van der Waals surface area (Å²) in [6, 6.07) is 7.21. The zero-order valence-corrected chi connectivity index (χ0v) is 11.5. The lowest BCUT2D eigenvalue weighted by Crippen LogP contribution is -2.14. The number of amides is 2. The van der Waals surface area contributed by atoms with Crippen molar-refractivity contribution in [2.45, 2.75) is 6.92 Å². The largest absolute Gasteiger partial charge is 0.507 e. The summed E-state index contributed by atoms with van der Waals surface area (Å²) in [5, 5.41) is 14.4. The van der Waals surface area contributed by atoms with Gasteiger partial charge in [0, 0.05) is 30.4 Å². The standard InChI is InChI=1S/C15H12F2N2O3/c1-8(20)18-10-2-4-11(5-3-10)19-15(22)14-12(17)6-9(16)7-13(14)21/h2-7,21H,1H3,(H,18,20)(H,19,22). The Balaban J connectivity index is 2.17. The molecule has 0 saturated heterocycles. The Morgan fingerprint density at radius 3 is 2.05 bits per heavy atom. The minimum Gasteiger partial charge on any atom is -0.507 e. The van der Waals surface area contributed by atoms with Crippen LogP contribution in [0.4, 0.5) is 20.2 Å². The molecule has 2 aromatic carbocycles. The minimum atomic E-state index is -1.16. The second-order valence-corrected chi connectivity index (χ2v) is 4.49. The summed E-state index contributed by atoms with van der Waals surface area (Å²) in [7, 11) is 0. The number of carbonyl (C=O) groups is 2. The van der Waals surface area contributed by atoms with Gasteiger partial charge in [0.25, 0.3) is 5.91 Å². The van der Waals surface area contributed by atoms with Crippen molar-refractivity contribution in [2.24, 2.45) is 0 Å². The van der Waals surface area contributed by atoms with Crippen LogP contribution in [0, 0.1) is 11.6 Å². The van der Waals surface area contributed by atoms with E-state index in [2.05, 4.69) is 10.6 Å². The first-order valence-corrected chi connectivity index (χ1v) is 6.24. The van der Waals surface area contributed by atoms with Crippen LogP contribution in [0.2, 0.25) is 0 Å². The number of halogens is 2. The molecule has 22 heavy (non-hydrogen) atoms. The molecular weight excluding hydrogens is 294 g/mol. The molecule has 0 aliphatic heterocycles.